The summed E-state index contributed by atoms with van der Waals surface area (Å²) in [5.41, 5.74) is -0.679. The van der Waals surface area contributed by atoms with Gasteiger partial charge in [-0.1, -0.05) is 6.07 Å². The fraction of sp³-hybridized carbons (Fsp3) is 0.471. The van der Waals surface area contributed by atoms with Crippen molar-refractivity contribution < 1.29 is 18.0 Å². The van der Waals surface area contributed by atoms with E-state index in [2.05, 4.69) is 10.2 Å². The molecule has 4 nitrogen and oxygen atoms in total. The van der Waals surface area contributed by atoms with E-state index in [0.29, 0.717) is 40.1 Å². The molecule has 2 aliphatic heterocycles. The minimum absolute atomic E-state index is 0.0864. The summed E-state index contributed by atoms with van der Waals surface area (Å²) in [4.78, 5) is 17.2. The zero-order valence-corrected chi connectivity index (χ0v) is 14.5. The Balaban J connectivity index is 1.43. The summed E-state index contributed by atoms with van der Waals surface area (Å²) in [5.74, 6) is -0.0864. The molecular formula is C17H18F3N3OS. The summed E-state index contributed by atoms with van der Waals surface area (Å²) in [7, 11) is 1.95. The lowest BCUT2D eigenvalue weighted by Gasteiger charge is -2.51. The molecule has 2 saturated heterocycles. The quantitative estimate of drug-likeness (QED) is 0.904. The first-order valence-corrected chi connectivity index (χ1v) is 8.98. The maximum atomic E-state index is 12.8. The van der Waals surface area contributed by atoms with Gasteiger partial charge in [0.2, 0.25) is 0 Å². The van der Waals surface area contributed by atoms with Crippen molar-refractivity contribution in [3.05, 3.63) is 34.7 Å². The van der Waals surface area contributed by atoms with Crippen LogP contribution in [0.15, 0.2) is 24.3 Å². The Labute approximate surface area is 147 Å². The Kier molecular flexibility index (Phi) is 4.01. The van der Waals surface area contributed by atoms with Gasteiger partial charge >= 0.3 is 6.18 Å². The van der Waals surface area contributed by atoms with Gasteiger partial charge in [0.1, 0.15) is 0 Å². The molecule has 0 unspecified atom stereocenters. The van der Waals surface area contributed by atoms with Crippen LogP contribution in [0.4, 0.5) is 13.2 Å². The van der Waals surface area contributed by atoms with Crippen LogP contribution in [0.2, 0.25) is 0 Å². The molecule has 134 valence electrons. The molecule has 2 aliphatic rings. The lowest BCUT2D eigenvalue weighted by atomic mass is 9.99. The van der Waals surface area contributed by atoms with Crippen LogP contribution in [-0.4, -0.2) is 61.0 Å². The zero-order valence-electron chi connectivity index (χ0n) is 13.6. The number of alkyl halides is 3. The van der Waals surface area contributed by atoms with Crippen molar-refractivity contribution in [2.45, 2.75) is 18.3 Å². The minimum atomic E-state index is -4.37. The molecule has 1 amide bonds. The number of likely N-dealkylation sites (tertiary alicyclic amines) is 2. The van der Waals surface area contributed by atoms with Gasteiger partial charge in [-0.05, 0) is 30.6 Å². The Hall–Kier alpha value is -1.64. The number of carbonyl (C=O) groups is 1. The van der Waals surface area contributed by atoms with Gasteiger partial charge in [0.25, 0.3) is 5.91 Å². The predicted molar refractivity (Wildman–Crippen MR) is 90.9 cm³/mol. The molecule has 1 aromatic heterocycles. The summed E-state index contributed by atoms with van der Waals surface area (Å²) in [6.45, 7) is 3.40. The van der Waals surface area contributed by atoms with Crippen LogP contribution >= 0.6 is 11.3 Å². The van der Waals surface area contributed by atoms with Crippen molar-refractivity contribution in [3.63, 3.8) is 0 Å². The van der Waals surface area contributed by atoms with E-state index >= 15 is 0 Å². The molecule has 4 rings (SSSR count). The van der Waals surface area contributed by atoms with Gasteiger partial charge in [0, 0.05) is 43.0 Å². The number of hydrogen-bond donors (Lipinski definition) is 1. The number of amides is 1. The summed E-state index contributed by atoms with van der Waals surface area (Å²) >= 11 is 1.13. The fourth-order valence-corrected chi connectivity index (χ4v) is 4.38. The Morgan fingerprint density at radius 2 is 1.92 bits per heavy atom. The number of nitrogens with one attached hydrogen (secondary N) is 1. The largest absolute Gasteiger partial charge is 0.416 e. The third-order valence-electron chi connectivity index (χ3n) is 5.04. The average Bonchev–Trinajstić information content (AvgIpc) is 2.89. The van der Waals surface area contributed by atoms with Gasteiger partial charge in [0.15, 0.2) is 0 Å². The second-order valence-electron chi connectivity index (χ2n) is 6.66. The summed E-state index contributed by atoms with van der Waals surface area (Å²) in [6.07, 6.45) is -4.37. The Bertz CT molecular complexity index is 807. The number of fused-ring (bicyclic) bond motifs is 1. The normalized spacial score (nSPS) is 19.9. The zero-order chi connectivity index (χ0) is 17.8. The van der Waals surface area contributed by atoms with E-state index in [0.717, 1.165) is 36.6 Å². The smallest absolute Gasteiger partial charge is 0.335 e. The van der Waals surface area contributed by atoms with E-state index in [1.54, 1.807) is 11.0 Å². The second kappa shape index (κ2) is 5.96. The first-order valence-electron chi connectivity index (χ1n) is 8.16. The molecule has 3 heterocycles. The van der Waals surface area contributed by atoms with Crippen LogP contribution in [0.1, 0.15) is 15.2 Å². The van der Waals surface area contributed by atoms with Crippen molar-refractivity contribution in [2.75, 3.05) is 33.2 Å². The first-order chi connectivity index (χ1) is 11.8. The van der Waals surface area contributed by atoms with E-state index in [9.17, 15) is 18.0 Å². The third-order valence-corrected chi connectivity index (χ3v) is 6.13. The highest BCUT2D eigenvalue weighted by Crippen LogP contribution is 2.35. The monoisotopic (exact) mass is 369 g/mol. The summed E-state index contributed by atoms with van der Waals surface area (Å²) < 4.78 is 38.9. The van der Waals surface area contributed by atoms with Crippen molar-refractivity contribution in [1.82, 2.24) is 15.1 Å². The molecule has 1 aromatic carbocycles. The number of thiophene rings is 1. The molecule has 8 heteroatoms. The van der Waals surface area contributed by atoms with Gasteiger partial charge < -0.3 is 10.2 Å². The third kappa shape index (κ3) is 3.02. The Morgan fingerprint density at radius 1 is 1.20 bits per heavy atom. The van der Waals surface area contributed by atoms with E-state index in [1.165, 1.54) is 6.07 Å². The standard InChI is InChI=1S/C17H18F3N3OS/c1-21-12-6-22(7-12)13-8-23(9-13)16(24)15-4-10-2-3-11(17(18,19)20)5-14(10)25-15/h2-5,12-13,21H,6-9H2,1H3. The molecule has 0 bridgehead atoms. The highest BCUT2D eigenvalue weighted by molar-refractivity contribution is 7.20. The maximum Gasteiger partial charge on any atom is 0.416 e. The Morgan fingerprint density at radius 3 is 2.56 bits per heavy atom. The van der Waals surface area contributed by atoms with Crippen LogP contribution in [-0.2, 0) is 6.18 Å². The van der Waals surface area contributed by atoms with Crippen molar-refractivity contribution in [3.8, 4) is 0 Å². The van der Waals surface area contributed by atoms with Crippen LogP contribution in [0.25, 0.3) is 10.1 Å². The number of benzene rings is 1. The van der Waals surface area contributed by atoms with E-state index in [-0.39, 0.29) is 5.91 Å². The molecule has 0 spiro atoms. The molecule has 2 fully saturated rings. The van der Waals surface area contributed by atoms with Gasteiger partial charge in [0.05, 0.1) is 10.4 Å². The fourth-order valence-electron chi connectivity index (χ4n) is 3.31. The lowest BCUT2D eigenvalue weighted by molar-refractivity contribution is -0.137. The molecule has 1 N–H and O–H groups in total. The predicted octanol–water partition coefficient (Wildman–Crippen LogP) is 2.65. The minimum Gasteiger partial charge on any atom is -0.335 e. The van der Waals surface area contributed by atoms with Gasteiger partial charge in [-0.2, -0.15) is 13.2 Å². The molecule has 0 aliphatic carbocycles. The van der Waals surface area contributed by atoms with Crippen LogP contribution in [0.3, 0.4) is 0 Å². The summed E-state index contributed by atoms with van der Waals surface area (Å²) in [6, 6.07) is 6.24. The average molecular weight is 369 g/mol. The van der Waals surface area contributed by atoms with Crippen molar-refractivity contribution in [1.29, 1.82) is 0 Å². The highest BCUT2D eigenvalue weighted by atomic mass is 32.1. The first kappa shape index (κ1) is 16.8. The lowest BCUT2D eigenvalue weighted by Crippen LogP contribution is -2.69. The molecule has 25 heavy (non-hydrogen) atoms. The SMILES string of the molecule is CNC1CN(C2CN(C(=O)c3cc4ccc(C(F)(F)F)cc4s3)C2)C1. The second-order valence-corrected chi connectivity index (χ2v) is 7.75. The van der Waals surface area contributed by atoms with Crippen LogP contribution < -0.4 is 5.32 Å². The molecule has 0 saturated carbocycles. The van der Waals surface area contributed by atoms with E-state index in [1.807, 2.05) is 7.05 Å². The van der Waals surface area contributed by atoms with Gasteiger partial charge in [-0.3, -0.25) is 9.69 Å². The summed E-state index contributed by atoms with van der Waals surface area (Å²) in [5, 5.41) is 3.90. The maximum absolute atomic E-state index is 12.8. The van der Waals surface area contributed by atoms with Crippen molar-refractivity contribution >= 4 is 27.3 Å². The van der Waals surface area contributed by atoms with Crippen LogP contribution in [0.5, 0.6) is 0 Å². The number of hydrogen-bond acceptors (Lipinski definition) is 4. The molecule has 2 aromatic rings. The number of carbonyl (C=O) groups excluding carboxylic acids is 1. The van der Waals surface area contributed by atoms with E-state index in [4.69, 9.17) is 0 Å². The van der Waals surface area contributed by atoms with Crippen molar-refractivity contribution in [2.24, 2.45) is 0 Å². The highest BCUT2D eigenvalue weighted by Gasteiger charge is 2.40. The van der Waals surface area contributed by atoms with E-state index < -0.39 is 11.7 Å². The molecule has 0 radical (unpaired) electrons. The molecular weight excluding hydrogens is 351 g/mol. The van der Waals surface area contributed by atoms with Gasteiger partial charge in [-0.15, -0.1) is 11.3 Å². The number of halogens is 3. The van der Waals surface area contributed by atoms with Gasteiger partial charge in [-0.25, -0.2) is 0 Å². The topological polar surface area (TPSA) is 35.6 Å². The van der Waals surface area contributed by atoms with Crippen LogP contribution in [0, 0.1) is 0 Å². The number of likely N-dealkylation sites (N-methyl/N-ethyl adjacent to an activating group) is 1. The number of nitrogens with zero attached hydrogens (tertiary/aromatic N) is 2. The molecule has 0 atom stereocenters. The number of rotatable bonds is 3.